The van der Waals surface area contributed by atoms with Crippen LogP contribution in [0.25, 0.3) is 0 Å². The van der Waals surface area contributed by atoms with Gasteiger partial charge in [-0.2, -0.15) is 0 Å². The Balaban J connectivity index is 1.97. The third-order valence-corrected chi connectivity index (χ3v) is 4.05. The van der Waals surface area contributed by atoms with Crippen molar-refractivity contribution in [3.8, 4) is 0 Å². The number of aromatic nitrogens is 2. The molecule has 0 bridgehead atoms. The number of benzene rings is 1. The fourth-order valence-electron chi connectivity index (χ4n) is 1.85. The number of carbonyl (C=O) groups is 1. The molecular weight excluding hydrogens is 304 g/mol. The summed E-state index contributed by atoms with van der Waals surface area (Å²) >= 11 is 0. The number of sulfonamides is 1. The van der Waals surface area contributed by atoms with Crippen molar-refractivity contribution >= 4 is 15.9 Å². The average Bonchev–Trinajstić information content (AvgIpc) is 2.52. The van der Waals surface area contributed by atoms with Gasteiger partial charge in [-0.25, -0.2) is 18.5 Å². The van der Waals surface area contributed by atoms with Crippen molar-refractivity contribution in [2.24, 2.45) is 5.14 Å². The van der Waals surface area contributed by atoms with Crippen LogP contribution in [0.15, 0.2) is 47.8 Å². The van der Waals surface area contributed by atoms with E-state index in [0.29, 0.717) is 13.0 Å². The zero-order chi connectivity index (χ0) is 16.2. The molecule has 0 fully saturated rings. The van der Waals surface area contributed by atoms with Gasteiger partial charge < -0.3 is 4.90 Å². The molecule has 2 rings (SSSR count). The number of carbonyl (C=O) groups excluding carboxylic acids is 1. The number of rotatable bonds is 5. The van der Waals surface area contributed by atoms with E-state index in [1.165, 1.54) is 35.6 Å². The fourth-order valence-corrected chi connectivity index (χ4v) is 2.36. The zero-order valence-corrected chi connectivity index (χ0v) is 12.8. The lowest BCUT2D eigenvalue weighted by Gasteiger charge is -2.16. The Morgan fingerprint density at radius 2 is 1.91 bits per heavy atom. The lowest BCUT2D eigenvalue weighted by molar-refractivity contribution is 0.0790. The second-order valence-electron chi connectivity index (χ2n) is 4.76. The molecule has 0 saturated heterocycles. The standard InChI is InChI=1S/C14H16N4O3S/c1-18(14(19)13-10-16-7-8-17-13)9-6-11-2-4-12(5-3-11)22(15,20)21/h2-5,7-8,10H,6,9H2,1H3,(H2,15,20,21). The molecule has 2 N–H and O–H groups in total. The maximum atomic E-state index is 12.1. The molecule has 1 amide bonds. The molecular formula is C14H16N4O3S. The van der Waals surface area contributed by atoms with Crippen LogP contribution in [0.1, 0.15) is 16.1 Å². The molecule has 2 aromatic rings. The minimum absolute atomic E-state index is 0.0697. The van der Waals surface area contributed by atoms with Gasteiger partial charge in [0.05, 0.1) is 11.1 Å². The van der Waals surface area contributed by atoms with E-state index in [2.05, 4.69) is 9.97 Å². The number of nitrogens with zero attached hydrogens (tertiary/aromatic N) is 3. The van der Waals surface area contributed by atoms with E-state index < -0.39 is 10.0 Å². The molecule has 22 heavy (non-hydrogen) atoms. The van der Waals surface area contributed by atoms with Crippen LogP contribution in [-0.4, -0.2) is 42.8 Å². The van der Waals surface area contributed by atoms with E-state index in [0.717, 1.165) is 5.56 Å². The van der Waals surface area contributed by atoms with Crippen LogP contribution in [0.5, 0.6) is 0 Å². The molecule has 1 heterocycles. The Bertz CT molecular complexity index is 745. The molecule has 0 atom stereocenters. The topological polar surface area (TPSA) is 106 Å². The molecule has 0 aliphatic carbocycles. The Labute approximate surface area is 128 Å². The van der Waals surface area contributed by atoms with Crippen LogP contribution in [0.4, 0.5) is 0 Å². The number of primary sulfonamides is 1. The van der Waals surface area contributed by atoms with Gasteiger partial charge in [-0.1, -0.05) is 12.1 Å². The molecule has 0 radical (unpaired) electrons. The predicted octanol–water partition coefficient (Wildman–Crippen LogP) is 0.439. The summed E-state index contributed by atoms with van der Waals surface area (Å²) in [6.45, 7) is 0.476. The van der Waals surface area contributed by atoms with Crippen LogP contribution in [0, 0.1) is 0 Å². The fraction of sp³-hybridized carbons (Fsp3) is 0.214. The number of hydrogen-bond acceptors (Lipinski definition) is 5. The third kappa shape index (κ3) is 4.09. The van der Waals surface area contributed by atoms with Crippen molar-refractivity contribution in [3.63, 3.8) is 0 Å². The van der Waals surface area contributed by atoms with Gasteiger partial charge in [0, 0.05) is 26.0 Å². The van der Waals surface area contributed by atoms with Crippen LogP contribution >= 0.6 is 0 Å². The van der Waals surface area contributed by atoms with E-state index in [1.807, 2.05) is 0 Å². The van der Waals surface area contributed by atoms with Crippen molar-refractivity contribution in [1.29, 1.82) is 0 Å². The molecule has 0 aliphatic rings. The molecule has 7 nitrogen and oxygen atoms in total. The maximum absolute atomic E-state index is 12.1. The Kier molecular flexibility index (Phi) is 4.84. The van der Waals surface area contributed by atoms with Gasteiger partial charge >= 0.3 is 0 Å². The Morgan fingerprint density at radius 1 is 1.23 bits per heavy atom. The van der Waals surface area contributed by atoms with E-state index in [9.17, 15) is 13.2 Å². The largest absolute Gasteiger partial charge is 0.340 e. The Hall–Kier alpha value is -2.32. The number of nitrogens with two attached hydrogens (primary N) is 1. The van der Waals surface area contributed by atoms with Crippen LogP contribution in [-0.2, 0) is 16.4 Å². The summed E-state index contributed by atoms with van der Waals surface area (Å²) in [5.74, 6) is -0.214. The van der Waals surface area contributed by atoms with Crippen LogP contribution in [0.2, 0.25) is 0 Å². The van der Waals surface area contributed by atoms with E-state index in [-0.39, 0.29) is 16.5 Å². The summed E-state index contributed by atoms with van der Waals surface area (Å²) in [4.78, 5) is 21.5. The SMILES string of the molecule is CN(CCc1ccc(S(N)(=O)=O)cc1)C(=O)c1cnccn1. The second kappa shape index (κ2) is 6.63. The summed E-state index contributed by atoms with van der Waals surface area (Å²) in [5, 5.41) is 5.04. The smallest absolute Gasteiger partial charge is 0.273 e. The highest BCUT2D eigenvalue weighted by Gasteiger charge is 2.13. The summed E-state index contributed by atoms with van der Waals surface area (Å²) in [7, 11) is -2.00. The van der Waals surface area contributed by atoms with Gasteiger partial charge in [-0.05, 0) is 24.1 Å². The Morgan fingerprint density at radius 3 is 2.45 bits per heavy atom. The molecule has 0 aliphatic heterocycles. The quantitative estimate of drug-likeness (QED) is 0.860. The first-order valence-electron chi connectivity index (χ1n) is 6.51. The monoisotopic (exact) mass is 320 g/mol. The first-order valence-corrected chi connectivity index (χ1v) is 8.06. The number of amides is 1. The molecule has 0 spiro atoms. The minimum atomic E-state index is -3.68. The van der Waals surface area contributed by atoms with E-state index in [4.69, 9.17) is 5.14 Å². The van der Waals surface area contributed by atoms with Gasteiger partial charge in [0.2, 0.25) is 10.0 Å². The minimum Gasteiger partial charge on any atom is -0.340 e. The van der Waals surface area contributed by atoms with Gasteiger partial charge in [0.1, 0.15) is 5.69 Å². The first kappa shape index (κ1) is 16.1. The lowest BCUT2D eigenvalue weighted by atomic mass is 10.1. The van der Waals surface area contributed by atoms with Crippen molar-refractivity contribution in [2.45, 2.75) is 11.3 Å². The summed E-state index contributed by atoms with van der Waals surface area (Å²) < 4.78 is 22.3. The summed E-state index contributed by atoms with van der Waals surface area (Å²) in [6, 6.07) is 6.27. The van der Waals surface area contributed by atoms with Crippen molar-refractivity contribution < 1.29 is 13.2 Å². The van der Waals surface area contributed by atoms with Gasteiger partial charge in [-0.3, -0.25) is 9.78 Å². The van der Waals surface area contributed by atoms with Crippen molar-refractivity contribution in [3.05, 3.63) is 54.1 Å². The highest BCUT2D eigenvalue weighted by molar-refractivity contribution is 7.89. The maximum Gasteiger partial charge on any atom is 0.273 e. The van der Waals surface area contributed by atoms with Crippen LogP contribution in [0.3, 0.4) is 0 Å². The second-order valence-corrected chi connectivity index (χ2v) is 6.32. The number of likely N-dealkylation sites (N-methyl/N-ethyl adjacent to an activating group) is 1. The highest BCUT2D eigenvalue weighted by Crippen LogP contribution is 2.10. The molecule has 0 saturated carbocycles. The number of hydrogen-bond donors (Lipinski definition) is 1. The highest BCUT2D eigenvalue weighted by atomic mass is 32.2. The normalized spacial score (nSPS) is 11.2. The molecule has 8 heteroatoms. The zero-order valence-electron chi connectivity index (χ0n) is 12.0. The summed E-state index contributed by atoms with van der Waals surface area (Å²) in [6.07, 6.45) is 4.98. The lowest BCUT2D eigenvalue weighted by Crippen LogP contribution is -2.29. The van der Waals surface area contributed by atoms with Crippen molar-refractivity contribution in [1.82, 2.24) is 14.9 Å². The molecule has 1 aromatic heterocycles. The van der Waals surface area contributed by atoms with E-state index in [1.54, 1.807) is 19.2 Å². The average molecular weight is 320 g/mol. The van der Waals surface area contributed by atoms with Gasteiger partial charge in [0.15, 0.2) is 0 Å². The van der Waals surface area contributed by atoms with Gasteiger partial charge in [-0.15, -0.1) is 0 Å². The molecule has 116 valence electrons. The predicted molar refractivity (Wildman–Crippen MR) is 80.5 cm³/mol. The summed E-state index contributed by atoms with van der Waals surface area (Å²) in [5.41, 5.74) is 1.20. The van der Waals surface area contributed by atoms with Crippen LogP contribution < -0.4 is 5.14 Å². The van der Waals surface area contributed by atoms with Gasteiger partial charge in [0.25, 0.3) is 5.91 Å². The third-order valence-electron chi connectivity index (χ3n) is 3.12. The first-order chi connectivity index (χ1) is 10.4. The molecule has 0 unspecified atom stereocenters. The van der Waals surface area contributed by atoms with Crippen molar-refractivity contribution in [2.75, 3.05) is 13.6 Å². The van der Waals surface area contributed by atoms with E-state index >= 15 is 0 Å². The molecule has 1 aromatic carbocycles.